The third-order valence-electron chi connectivity index (χ3n) is 11.8. The molecule has 3 fully saturated rings. The fourth-order valence-electron chi connectivity index (χ4n) is 8.41. The number of Topliss-reactive ketones (excluding diaryl/α,β-unsaturated/α-hetero) is 1. The minimum absolute atomic E-state index is 0.0936. The van der Waals surface area contributed by atoms with E-state index in [-0.39, 0.29) is 31.4 Å². The van der Waals surface area contributed by atoms with Crippen LogP contribution in [0.5, 0.6) is 0 Å². The van der Waals surface area contributed by atoms with Crippen LogP contribution in [0, 0.1) is 23.7 Å². The first kappa shape index (κ1) is 44.1. The Kier molecular flexibility index (Phi) is 14.7. The van der Waals surface area contributed by atoms with Gasteiger partial charge < -0.3 is 58.9 Å². The number of hydrogen-bond donors (Lipinski definition) is 5. The van der Waals surface area contributed by atoms with Crippen molar-refractivity contribution in [3.8, 4) is 0 Å². The highest BCUT2D eigenvalue weighted by Crippen LogP contribution is 2.40. The lowest BCUT2D eigenvalue weighted by atomic mass is 9.74. The van der Waals surface area contributed by atoms with Crippen molar-refractivity contribution in [1.29, 1.82) is 0 Å². The third kappa shape index (κ3) is 9.51. The highest BCUT2D eigenvalue weighted by atomic mass is 16.7. The zero-order valence-electron chi connectivity index (χ0n) is 32.9. The summed E-state index contributed by atoms with van der Waals surface area (Å²) in [6.07, 6.45) is -9.71. The van der Waals surface area contributed by atoms with Gasteiger partial charge in [0, 0.05) is 37.3 Å². The van der Waals surface area contributed by atoms with Crippen LogP contribution < -0.4 is 0 Å². The number of carbonyl (C=O) groups excluding carboxylic acids is 2. The number of aliphatic hydroxyl groups is 5. The van der Waals surface area contributed by atoms with E-state index in [1.165, 1.54) is 27.9 Å². The summed E-state index contributed by atoms with van der Waals surface area (Å²) in [4.78, 5) is 29.8. The molecule has 0 aromatic rings. The second-order valence-electron chi connectivity index (χ2n) is 16.5. The van der Waals surface area contributed by atoms with E-state index < -0.39 is 108 Å². The summed E-state index contributed by atoms with van der Waals surface area (Å²) in [5.74, 6) is -4.98. The Hall–Kier alpha value is -1.30. The molecule has 0 aliphatic carbocycles. The summed E-state index contributed by atoms with van der Waals surface area (Å²) in [5.41, 5.74) is -4.84. The van der Waals surface area contributed by atoms with Crippen LogP contribution in [0.1, 0.15) is 94.9 Å². The first-order valence-electron chi connectivity index (χ1n) is 18.5. The fraction of sp³-hybridized carbons (Fsp3) is 0.946. The van der Waals surface area contributed by atoms with Crippen LogP contribution in [0.2, 0.25) is 0 Å². The number of methoxy groups -OCH3 is 1. The van der Waals surface area contributed by atoms with E-state index in [4.69, 9.17) is 28.4 Å². The first-order valence-corrected chi connectivity index (χ1v) is 18.5. The van der Waals surface area contributed by atoms with Crippen molar-refractivity contribution >= 4 is 11.8 Å². The molecule has 51 heavy (non-hydrogen) atoms. The van der Waals surface area contributed by atoms with Crippen molar-refractivity contribution in [3.63, 3.8) is 0 Å². The topological polar surface area (TPSA) is 194 Å². The number of rotatable bonds is 7. The molecule has 3 aliphatic heterocycles. The average Bonchev–Trinajstić information content (AvgIpc) is 3.05. The van der Waals surface area contributed by atoms with Crippen LogP contribution >= 0.6 is 0 Å². The second kappa shape index (κ2) is 17.0. The number of esters is 1. The van der Waals surface area contributed by atoms with Crippen molar-refractivity contribution in [2.45, 2.75) is 179 Å². The largest absolute Gasteiger partial charge is 0.459 e. The Labute approximate surface area is 304 Å². The van der Waals surface area contributed by atoms with Gasteiger partial charge in [0.25, 0.3) is 0 Å². The predicted octanol–water partition coefficient (Wildman–Crippen LogP) is 1.79. The molecule has 3 heterocycles. The molecule has 298 valence electrons. The van der Waals surface area contributed by atoms with Gasteiger partial charge in [-0.25, -0.2) is 0 Å². The normalized spacial score (nSPS) is 49.7. The number of likely N-dealkylation sites (N-methyl/N-ethyl adjacent to an activating group) is 1. The molecule has 0 radical (unpaired) electrons. The predicted molar refractivity (Wildman–Crippen MR) is 186 cm³/mol. The molecule has 0 aromatic carbocycles. The Morgan fingerprint density at radius 2 is 1.49 bits per heavy atom. The minimum atomic E-state index is -1.99. The number of cyclic esters (lactones) is 1. The maximum absolute atomic E-state index is 14.1. The number of hydrogen-bond acceptors (Lipinski definition) is 14. The highest BCUT2D eigenvalue weighted by molar-refractivity contribution is 5.83. The minimum Gasteiger partial charge on any atom is -0.459 e. The van der Waals surface area contributed by atoms with Gasteiger partial charge in [0.1, 0.15) is 29.7 Å². The molecule has 0 aromatic heterocycles. The van der Waals surface area contributed by atoms with Gasteiger partial charge in [0.05, 0.1) is 47.6 Å². The Morgan fingerprint density at radius 1 is 0.882 bits per heavy atom. The standard InChI is InChI=1S/C37H67NO13/c1-14-25-37(10,45)30(41)20(4)27(39)18(2)16-35(8,44)32(51-34-28(40)24(38(11)12)15-19(3)47-34)21(5)29(22(6)33(43)49-25)50-26-17-36(9,46-13)31(42)23(7)48-26/h18-26,28-32,34,40-42,44-45H,14-17H2,1-13H3/t18-,19?,20+,21?,22-,23?,24?,25-,26+,28?,29+,30-,31+,32-,34+,35-,36?,37-/m1/s1. The van der Waals surface area contributed by atoms with Gasteiger partial charge >= 0.3 is 5.97 Å². The second-order valence-corrected chi connectivity index (χ2v) is 16.5. The van der Waals surface area contributed by atoms with Crippen molar-refractivity contribution < 1.29 is 63.5 Å². The zero-order valence-corrected chi connectivity index (χ0v) is 32.9. The molecule has 3 aliphatic rings. The lowest BCUT2D eigenvalue weighted by molar-refractivity contribution is -0.318. The highest BCUT2D eigenvalue weighted by Gasteiger charge is 2.53. The number of aliphatic hydroxyl groups excluding tert-OH is 3. The Balaban J connectivity index is 2.18. The third-order valence-corrected chi connectivity index (χ3v) is 11.8. The molecule has 0 amide bonds. The summed E-state index contributed by atoms with van der Waals surface area (Å²) in [6, 6.07) is -0.324. The van der Waals surface area contributed by atoms with E-state index in [2.05, 4.69) is 0 Å². The molecule has 3 rings (SSSR count). The average molecular weight is 734 g/mol. The van der Waals surface area contributed by atoms with E-state index in [9.17, 15) is 35.1 Å². The van der Waals surface area contributed by atoms with Gasteiger partial charge in [0.2, 0.25) is 0 Å². The molecule has 0 saturated carbocycles. The molecule has 5 N–H and O–H groups in total. The molecule has 3 saturated heterocycles. The molecule has 18 atom stereocenters. The van der Waals surface area contributed by atoms with Gasteiger partial charge in [-0.2, -0.15) is 0 Å². The van der Waals surface area contributed by atoms with E-state index in [0.717, 1.165) is 0 Å². The van der Waals surface area contributed by atoms with E-state index in [1.54, 1.807) is 41.5 Å². The Morgan fingerprint density at radius 3 is 2.04 bits per heavy atom. The maximum Gasteiger partial charge on any atom is 0.311 e. The molecule has 14 nitrogen and oxygen atoms in total. The van der Waals surface area contributed by atoms with Crippen LogP contribution in [0.15, 0.2) is 0 Å². The summed E-state index contributed by atoms with van der Waals surface area (Å²) in [5, 5.41) is 57.6. The maximum atomic E-state index is 14.1. The van der Waals surface area contributed by atoms with Crippen LogP contribution in [0.25, 0.3) is 0 Å². The molecule has 0 spiro atoms. The van der Waals surface area contributed by atoms with Crippen LogP contribution in [0.3, 0.4) is 0 Å². The van der Waals surface area contributed by atoms with Crippen molar-refractivity contribution in [2.75, 3.05) is 21.2 Å². The number of nitrogens with zero attached hydrogens (tertiary/aromatic N) is 1. The molecule has 14 heteroatoms. The summed E-state index contributed by atoms with van der Waals surface area (Å²) in [7, 11) is 5.18. The van der Waals surface area contributed by atoms with Crippen LogP contribution in [-0.4, -0.2) is 148 Å². The first-order chi connectivity index (χ1) is 23.4. The lowest BCUT2D eigenvalue weighted by Crippen LogP contribution is -2.61. The molecular weight excluding hydrogens is 666 g/mol. The molecular formula is C37H67NO13. The van der Waals surface area contributed by atoms with E-state index in [0.29, 0.717) is 6.42 Å². The van der Waals surface area contributed by atoms with Gasteiger partial charge in [-0.3, -0.25) is 9.59 Å². The van der Waals surface area contributed by atoms with Crippen LogP contribution in [-0.2, 0) is 38.0 Å². The monoisotopic (exact) mass is 733 g/mol. The quantitative estimate of drug-likeness (QED) is 0.238. The zero-order chi connectivity index (χ0) is 39.0. The Bertz CT molecular complexity index is 1170. The number of ether oxygens (including phenoxy) is 6. The van der Waals surface area contributed by atoms with Crippen molar-refractivity contribution in [1.82, 2.24) is 4.90 Å². The number of ketones is 1. The molecule has 0 bridgehead atoms. The van der Waals surface area contributed by atoms with Gasteiger partial charge in [-0.1, -0.05) is 27.7 Å². The van der Waals surface area contributed by atoms with Crippen LogP contribution in [0.4, 0.5) is 0 Å². The lowest BCUT2D eigenvalue weighted by Gasteiger charge is -2.49. The summed E-state index contributed by atoms with van der Waals surface area (Å²) in [6.45, 7) is 16.3. The van der Waals surface area contributed by atoms with Gasteiger partial charge in [0.15, 0.2) is 12.6 Å². The smallest absolute Gasteiger partial charge is 0.311 e. The van der Waals surface area contributed by atoms with Crippen molar-refractivity contribution in [2.24, 2.45) is 23.7 Å². The molecule has 6 unspecified atom stereocenters. The number of carbonyl (C=O) groups is 2. The summed E-state index contributed by atoms with van der Waals surface area (Å²) >= 11 is 0. The van der Waals surface area contributed by atoms with E-state index >= 15 is 0 Å². The van der Waals surface area contributed by atoms with Gasteiger partial charge in [-0.05, 0) is 74.9 Å². The van der Waals surface area contributed by atoms with E-state index in [1.807, 2.05) is 25.9 Å². The van der Waals surface area contributed by atoms with Crippen molar-refractivity contribution in [3.05, 3.63) is 0 Å². The SMILES string of the molecule is CC[C@H]1OC(=O)[C@H](C)[C@@H](O[C@H]2CC(C)(OC)[C@@H](O)C(C)O2)C(C)[C@@H](O[C@@H]2OC(C)CC(N(C)C)C2O)[C@](C)(O)C[C@@H](C)C(=O)[C@H](C)[C@@H](O)[C@]1(C)O. The summed E-state index contributed by atoms with van der Waals surface area (Å²) < 4.78 is 37.1. The fourth-order valence-corrected chi connectivity index (χ4v) is 8.41. The van der Waals surface area contributed by atoms with Gasteiger partial charge in [-0.15, -0.1) is 0 Å².